The molecule has 0 atom stereocenters. The van der Waals surface area contributed by atoms with E-state index in [9.17, 15) is 13.2 Å². The third kappa shape index (κ3) is 1.78. The van der Waals surface area contributed by atoms with Crippen molar-refractivity contribution in [1.29, 1.82) is 0 Å². The van der Waals surface area contributed by atoms with Crippen LogP contribution < -0.4 is 0 Å². The van der Waals surface area contributed by atoms with Crippen LogP contribution in [-0.2, 0) is 6.18 Å². The number of alkyl halides is 3. The third-order valence-electron chi connectivity index (χ3n) is 1.68. The highest BCUT2D eigenvalue weighted by Crippen LogP contribution is 2.30. The topological polar surface area (TPSA) is 0 Å². The summed E-state index contributed by atoms with van der Waals surface area (Å²) >= 11 is 0. The Morgan fingerprint density at radius 1 is 1.25 bits per heavy atom. The van der Waals surface area contributed by atoms with Gasteiger partial charge in [-0.1, -0.05) is 6.07 Å². The fourth-order valence-corrected chi connectivity index (χ4v) is 0.848. The molecule has 0 unspecified atom stereocenters. The van der Waals surface area contributed by atoms with Crippen molar-refractivity contribution in [2.45, 2.75) is 13.1 Å². The fourth-order valence-electron chi connectivity index (χ4n) is 0.848. The molecule has 1 aromatic carbocycles. The van der Waals surface area contributed by atoms with Gasteiger partial charge in [0, 0.05) is 0 Å². The van der Waals surface area contributed by atoms with Crippen molar-refractivity contribution in [3.63, 3.8) is 0 Å². The second-order valence-corrected chi connectivity index (χ2v) is 2.64. The van der Waals surface area contributed by atoms with Crippen molar-refractivity contribution in [3.05, 3.63) is 41.8 Å². The maximum Gasteiger partial charge on any atom is 0.416 e. The van der Waals surface area contributed by atoms with E-state index in [-0.39, 0.29) is 0 Å². The fraction of sp³-hybridized carbons (Fsp3) is 0.222. The number of hydrogen-bond donors (Lipinski definition) is 0. The first-order chi connectivity index (χ1) is 5.41. The van der Waals surface area contributed by atoms with E-state index in [4.69, 9.17) is 0 Å². The highest BCUT2D eigenvalue weighted by molar-refractivity contribution is 5.34. The van der Waals surface area contributed by atoms with Crippen molar-refractivity contribution in [2.24, 2.45) is 0 Å². The molecule has 0 spiro atoms. The van der Waals surface area contributed by atoms with Crippen LogP contribution in [0.25, 0.3) is 0 Å². The van der Waals surface area contributed by atoms with Gasteiger partial charge in [0.15, 0.2) is 0 Å². The van der Waals surface area contributed by atoms with E-state index in [1.165, 1.54) is 6.07 Å². The Kier molecular flexibility index (Phi) is 2.13. The highest BCUT2D eigenvalue weighted by Gasteiger charge is 2.30. The number of hydrogen-bond acceptors (Lipinski definition) is 0. The van der Waals surface area contributed by atoms with E-state index >= 15 is 0 Å². The molecule has 65 valence electrons. The molecule has 0 N–H and O–H groups in total. The van der Waals surface area contributed by atoms with Crippen LogP contribution in [-0.4, -0.2) is 0 Å². The molecule has 0 nitrogen and oxygen atoms in total. The minimum Gasteiger partial charge on any atom is -0.166 e. The van der Waals surface area contributed by atoms with Crippen molar-refractivity contribution < 1.29 is 13.2 Å². The van der Waals surface area contributed by atoms with E-state index < -0.39 is 11.7 Å². The Morgan fingerprint density at radius 2 is 1.83 bits per heavy atom. The second kappa shape index (κ2) is 2.81. The van der Waals surface area contributed by atoms with E-state index in [0.29, 0.717) is 5.56 Å². The highest BCUT2D eigenvalue weighted by atomic mass is 19.4. The second-order valence-electron chi connectivity index (χ2n) is 2.64. The summed E-state index contributed by atoms with van der Waals surface area (Å²) in [4.78, 5) is 0. The minimum absolute atomic E-state index is 0.421. The average molecular weight is 173 g/mol. The molecule has 0 aliphatic rings. The summed E-state index contributed by atoms with van der Waals surface area (Å²) in [5, 5.41) is 0. The quantitative estimate of drug-likeness (QED) is 0.565. The maximum atomic E-state index is 12.1. The van der Waals surface area contributed by atoms with Crippen molar-refractivity contribution >= 4 is 0 Å². The van der Waals surface area contributed by atoms with Gasteiger partial charge in [-0.05, 0) is 37.1 Å². The van der Waals surface area contributed by atoms with E-state index in [2.05, 4.69) is 6.92 Å². The molecule has 1 aromatic rings. The Labute approximate surface area is 69.0 Å². The molecule has 0 saturated heterocycles. The summed E-state index contributed by atoms with van der Waals surface area (Å²) in [7, 11) is 0. The molecule has 1 rings (SSSR count). The van der Waals surface area contributed by atoms with Crippen LogP contribution in [0.5, 0.6) is 0 Å². The summed E-state index contributed by atoms with van der Waals surface area (Å²) in [5.41, 5.74) is 0.547. The molecule has 12 heavy (non-hydrogen) atoms. The summed E-state index contributed by atoms with van der Waals surface area (Å²) in [6.45, 7) is 5.22. The zero-order valence-electron chi connectivity index (χ0n) is 6.57. The number of benzene rings is 1. The number of aryl methyl sites for hydroxylation is 1. The largest absolute Gasteiger partial charge is 0.416 e. The minimum atomic E-state index is -4.26. The molecular weight excluding hydrogens is 165 g/mol. The average Bonchev–Trinajstić information content (AvgIpc) is 1.92. The van der Waals surface area contributed by atoms with Crippen LogP contribution >= 0.6 is 0 Å². The Balaban J connectivity index is 3.14. The first-order valence-electron chi connectivity index (χ1n) is 3.41. The van der Waals surface area contributed by atoms with Crippen molar-refractivity contribution in [2.75, 3.05) is 0 Å². The molecule has 1 radical (unpaired) electrons. The van der Waals surface area contributed by atoms with Gasteiger partial charge in [0.25, 0.3) is 0 Å². The van der Waals surface area contributed by atoms with Gasteiger partial charge in [0.05, 0.1) is 5.56 Å². The lowest BCUT2D eigenvalue weighted by Crippen LogP contribution is -2.05. The van der Waals surface area contributed by atoms with Crippen LogP contribution in [0.1, 0.15) is 16.7 Å². The molecule has 0 bridgehead atoms. The van der Waals surface area contributed by atoms with E-state index in [0.717, 1.165) is 17.7 Å². The molecule has 0 aliphatic heterocycles. The number of rotatable bonds is 0. The van der Waals surface area contributed by atoms with Gasteiger partial charge in [-0.3, -0.25) is 0 Å². The molecule has 0 amide bonds. The molecule has 3 heteroatoms. The normalized spacial score (nSPS) is 11.8. The Morgan fingerprint density at radius 3 is 2.25 bits per heavy atom. The van der Waals surface area contributed by atoms with Crippen LogP contribution in [0.15, 0.2) is 18.2 Å². The summed E-state index contributed by atoms with van der Waals surface area (Å²) in [5.74, 6) is 0. The lowest BCUT2D eigenvalue weighted by molar-refractivity contribution is -0.137. The van der Waals surface area contributed by atoms with Crippen LogP contribution in [0.4, 0.5) is 13.2 Å². The standard InChI is InChI=1S/C9H8F3/c1-6-3-4-8(5-7(6)2)9(10,11)12/h3-5H,2H2,1H3. The molecule has 0 aromatic heterocycles. The lowest BCUT2D eigenvalue weighted by Gasteiger charge is -2.08. The van der Waals surface area contributed by atoms with Gasteiger partial charge >= 0.3 is 6.18 Å². The first-order valence-corrected chi connectivity index (χ1v) is 3.41. The molecule has 0 heterocycles. The van der Waals surface area contributed by atoms with Gasteiger partial charge in [-0.2, -0.15) is 13.2 Å². The van der Waals surface area contributed by atoms with Crippen LogP contribution in [0.2, 0.25) is 0 Å². The smallest absolute Gasteiger partial charge is 0.166 e. The SMILES string of the molecule is [CH2]c1cc(C(F)(F)F)ccc1C. The first kappa shape index (κ1) is 9.10. The van der Waals surface area contributed by atoms with E-state index in [1.807, 2.05) is 0 Å². The van der Waals surface area contributed by atoms with Gasteiger partial charge in [0.2, 0.25) is 0 Å². The van der Waals surface area contributed by atoms with Gasteiger partial charge in [0.1, 0.15) is 0 Å². The summed E-state index contributed by atoms with van der Waals surface area (Å²) in [6, 6.07) is 3.53. The van der Waals surface area contributed by atoms with Crippen molar-refractivity contribution in [1.82, 2.24) is 0 Å². The molecule has 0 fully saturated rings. The van der Waals surface area contributed by atoms with Gasteiger partial charge in [-0.25, -0.2) is 0 Å². The summed E-state index contributed by atoms with van der Waals surface area (Å²) in [6.07, 6.45) is -4.26. The molecule has 0 saturated carbocycles. The zero-order chi connectivity index (χ0) is 9.35. The predicted molar refractivity (Wildman–Crippen MR) is 40.6 cm³/mol. The molecule has 0 aliphatic carbocycles. The van der Waals surface area contributed by atoms with Crippen LogP contribution in [0, 0.1) is 13.8 Å². The Bertz CT molecular complexity index is 286. The summed E-state index contributed by atoms with van der Waals surface area (Å²) < 4.78 is 36.2. The molecular formula is C9H8F3. The van der Waals surface area contributed by atoms with Crippen LogP contribution in [0.3, 0.4) is 0 Å². The van der Waals surface area contributed by atoms with E-state index in [1.54, 1.807) is 6.92 Å². The number of halogens is 3. The van der Waals surface area contributed by atoms with Gasteiger partial charge < -0.3 is 0 Å². The maximum absolute atomic E-state index is 12.1. The predicted octanol–water partition coefficient (Wildman–Crippen LogP) is 3.20. The van der Waals surface area contributed by atoms with Gasteiger partial charge in [-0.15, -0.1) is 0 Å². The van der Waals surface area contributed by atoms with Crippen molar-refractivity contribution in [3.8, 4) is 0 Å². The monoisotopic (exact) mass is 173 g/mol. The Hall–Kier alpha value is -0.990. The zero-order valence-corrected chi connectivity index (χ0v) is 6.57. The third-order valence-corrected chi connectivity index (χ3v) is 1.68. The lowest BCUT2D eigenvalue weighted by atomic mass is 10.1.